The summed E-state index contributed by atoms with van der Waals surface area (Å²) in [5.41, 5.74) is 0. The normalized spacial score (nSPS) is 11.4. The van der Waals surface area contributed by atoms with Crippen molar-refractivity contribution in [3.05, 3.63) is 24.3 Å². The van der Waals surface area contributed by atoms with E-state index in [4.69, 9.17) is 0 Å². The van der Waals surface area contributed by atoms with Crippen molar-refractivity contribution in [1.82, 2.24) is 0 Å². The first kappa shape index (κ1) is 11.2. The van der Waals surface area contributed by atoms with Crippen molar-refractivity contribution in [2.45, 2.75) is 39.0 Å². The fourth-order valence-electron chi connectivity index (χ4n) is 1.02. The molecule has 0 saturated carbocycles. The minimum absolute atomic E-state index is 0.833. The maximum absolute atomic E-state index is 9.88. The van der Waals surface area contributed by atoms with Gasteiger partial charge in [0.1, 0.15) is 6.29 Å². The molecule has 0 aromatic carbocycles. The molecule has 0 aliphatic rings. The molecule has 0 rings (SSSR count). The first-order valence-corrected chi connectivity index (χ1v) is 4.63. The number of rotatable bonds is 7. The average molecular weight is 166 g/mol. The highest BCUT2D eigenvalue weighted by atomic mass is 16.1. The number of hydrogen-bond acceptors (Lipinski definition) is 1. The van der Waals surface area contributed by atoms with Crippen LogP contribution in [0, 0.1) is 0 Å². The first-order chi connectivity index (χ1) is 5.91. The smallest absolute Gasteiger partial charge is 0.142 e. The molecule has 0 fully saturated rings. The molecule has 1 nitrogen and oxygen atoms in total. The van der Waals surface area contributed by atoms with Crippen LogP contribution in [0.4, 0.5) is 0 Å². The van der Waals surface area contributed by atoms with E-state index in [9.17, 15) is 4.79 Å². The Balaban J connectivity index is 3.00. The number of carbonyl (C=O) groups excluding carboxylic acids is 1. The molecule has 0 aromatic heterocycles. The van der Waals surface area contributed by atoms with E-state index in [2.05, 4.69) is 12.2 Å². The predicted molar refractivity (Wildman–Crippen MR) is 53.1 cm³/mol. The Labute approximate surface area is 75.2 Å². The van der Waals surface area contributed by atoms with Crippen molar-refractivity contribution < 1.29 is 4.79 Å². The molecule has 0 aliphatic carbocycles. The third-order valence-electron chi connectivity index (χ3n) is 1.69. The van der Waals surface area contributed by atoms with Gasteiger partial charge in [0.2, 0.25) is 0 Å². The quantitative estimate of drug-likeness (QED) is 0.245. The Morgan fingerprint density at radius 1 is 1.00 bits per heavy atom. The predicted octanol–water partition coefficient (Wildman–Crippen LogP) is 3.27. The monoisotopic (exact) mass is 166 g/mol. The molecular weight excluding hydrogens is 148 g/mol. The van der Waals surface area contributed by atoms with Gasteiger partial charge in [-0.3, -0.25) is 4.79 Å². The van der Waals surface area contributed by atoms with Crippen LogP contribution in [0.15, 0.2) is 24.3 Å². The van der Waals surface area contributed by atoms with Crippen molar-refractivity contribution in [2.24, 2.45) is 0 Å². The fourth-order valence-corrected chi connectivity index (χ4v) is 1.02. The van der Waals surface area contributed by atoms with Crippen molar-refractivity contribution in [3.8, 4) is 0 Å². The zero-order chi connectivity index (χ0) is 9.07. The summed E-state index contributed by atoms with van der Waals surface area (Å²) in [5.74, 6) is 0. The number of allylic oxidation sites excluding steroid dienone is 4. The van der Waals surface area contributed by atoms with E-state index < -0.39 is 0 Å². The lowest BCUT2D eigenvalue weighted by Gasteiger charge is -1.93. The third kappa shape index (κ3) is 9.15. The van der Waals surface area contributed by atoms with Gasteiger partial charge >= 0.3 is 0 Å². The Hall–Kier alpha value is -0.850. The van der Waals surface area contributed by atoms with Crippen LogP contribution >= 0.6 is 0 Å². The van der Waals surface area contributed by atoms with Crippen LogP contribution in [-0.4, -0.2) is 6.29 Å². The Morgan fingerprint density at radius 2 is 1.67 bits per heavy atom. The van der Waals surface area contributed by atoms with Gasteiger partial charge in [0.05, 0.1) is 0 Å². The van der Waals surface area contributed by atoms with Gasteiger partial charge in [0.15, 0.2) is 0 Å². The lowest BCUT2D eigenvalue weighted by molar-refractivity contribution is -0.104. The molecule has 12 heavy (non-hydrogen) atoms. The van der Waals surface area contributed by atoms with E-state index in [1.807, 2.05) is 13.0 Å². The van der Waals surface area contributed by atoms with Gasteiger partial charge in [-0.05, 0) is 38.7 Å². The second-order valence-electron chi connectivity index (χ2n) is 2.77. The highest BCUT2D eigenvalue weighted by Crippen LogP contribution is 2.03. The summed E-state index contributed by atoms with van der Waals surface area (Å²) in [5, 5.41) is 0. The van der Waals surface area contributed by atoms with Crippen molar-refractivity contribution in [3.63, 3.8) is 0 Å². The molecule has 68 valence electrons. The summed E-state index contributed by atoms with van der Waals surface area (Å²) in [7, 11) is 0. The molecule has 0 unspecified atom stereocenters. The molecular formula is C11H18O. The Morgan fingerprint density at radius 3 is 2.25 bits per heavy atom. The molecule has 0 amide bonds. The van der Waals surface area contributed by atoms with Crippen molar-refractivity contribution in [2.75, 3.05) is 0 Å². The maximum Gasteiger partial charge on any atom is 0.142 e. The zero-order valence-corrected chi connectivity index (χ0v) is 7.83. The molecule has 0 aromatic rings. The molecule has 0 radical (unpaired) electrons. The van der Waals surface area contributed by atoms with Crippen LogP contribution in [0.2, 0.25) is 0 Å². The Bertz CT molecular complexity index is 145. The topological polar surface area (TPSA) is 17.1 Å². The summed E-state index contributed by atoms with van der Waals surface area (Å²) < 4.78 is 0. The standard InChI is InChI=1S/C11H18O/c1-2-3-4-5-6-7-8-9-10-11-12/h2-3,9-11H,4-8H2,1H3/b3-2+,10-9+. The van der Waals surface area contributed by atoms with Gasteiger partial charge in [-0.15, -0.1) is 0 Å². The molecule has 1 heteroatoms. The van der Waals surface area contributed by atoms with Gasteiger partial charge in [0.25, 0.3) is 0 Å². The average Bonchev–Trinajstić information content (AvgIpc) is 2.10. The van der Waals surface area contributed by atoms with Gasteiger partial charge in [-0.1, -0.05) is 24.6 Å². The summed E-state index contributed by atoms with van der Waals surface area (Å²) in [6.45, 7) is 2.05. The highest BCUT2D eigenvalue weighted by molar-refractivity contribution is 5.64. The molecule has 0 atom stereocenters. The van der Waals surface area contributed by atoms with Crippen LogP contribution in [0.1, 0.15) is 39.0 Å². The Kier molecular flexibility index (Phi) is 9.43. The van der Waals surface area contributed by atoms with Crippen LogP contribution in [0.3, 0.4) is 0 Å². The molecule has 0 saturated heterocycles. The maximum atomic E-state index is 9.88. The van der Waals surface area contributed by atoms with E-state index in [1.54, 1.807) is 6.08 Å². The van der Waals surface area contributed by atoms with E-state index in [-0.39, 0.29) is 0 Å². The summed E-state index contributed by atoms with van der Waals surface area (Å²) >= 11 is 0. The molecule has 0 bridgehead atoms. The first-order valence-electron chi connectivity index (χ1n) is 4.63. The number of aldehydes is 1. The van der Waals surface area contributed by atoms with Gasteiger partial charge in [0, 0.05) is 0 Å². The summed E-state index contributed by atoms with van der Waals surface area (Å²) in [4.78, 5) is 9.88. The third-order valence-corrected chi connectivity index (χ3v) is 1.69. The minimum atomic E-state index is 0.833. The van der Waals surface area contributed by atoms with Crippen molar-refractivity contribution >= 4 is 6.29 Å². The van der Waals surface area contributed by atoms with Crippen molar-refractivity contribution in [1.29, 1.82) is 0 Å². The zero-order valence-electron chi connectivity index (χ0n) is 7.83. The van der Waals surface area contributed by atoms with Crippen LogP contribution in [0.5, 0.6) is 0 Å². The second kappa shape index (κ2) is 10.2. The molecule has 0 aliphatic heterocycles. The number of unbranched alkanes of at least 4 members (excludes halogenated alkanes) is 4. The summed E-state index contributed by atoms with van der Waals surface area (Å²) in [6.07, 6.45) is 14.6. The molecule has 0 N–H and O–H groups in total. The van der Waals surface area contributed by atoms with E-state index in [0.29, 0.717) is 0 Å². The van der Waals surface area contributed by atoms with Crippen LogP contribution < -0.4 is 0 Å². The van der Waals surface area contributed by atoms with E-state index in [0.717, 1.165) is 12.7 Å². The SMILES string of the molecule is C/C=C/CCCCC/C=C/C=O. The largest absolute Gasteiger partial charge is 0.299 e. The van der Waals surface area contributed by atoms with Gasteiger partial charge < -0.3 is 0 Å². The number of carbonyl (C=O) groups is 1. The molecule has 0 heterocycles. The van der Waals surface area contributed by atoms with E-state index in [1.165, 1.54) is 25.7 Å². The second-order valence-corrected chi connectivity index (χ2v) is 2.77. The van der Waals surface area contributed by atoms with Gasteiger partial charge in [-0.2, -0.15) is 0 Å². The number of hydrogen-bond donors (Lipinski definition) is 0. The highest BCUT2D eigenvalue weighted by Gasteiger charge is 1.84. The summed E-state index contributed by atoms with van der Waals surface area (Å²) in [6, 6.07) is 0. The fraction of sp³-hybridized carbons (Fsp3) is 0.545. The molecule has 0 spiro atoms. The lowest BCUT2D eigenvalue weighted by atomic mass is 10.1. The lowest BCUT2D eigenvalue weighted by Crippen LogP contribution is -1.74. The van der Waals surface area contributed by atoms with Gasteiger partial charge in [-0.25, -0.2) is 0 Å². The van der Waals surface area contributed by atoms with Crippen LogP contribution in [0.25, 0.3) is 0 Å². The van der Waals surface area contributed by atoms with E-state index >= 15 is 0 Å². The van der Waals surface area contributed by atoms with Crippen LogP contribution in [-0.2, 0) is 4.79 Å². The minimum Gasteiger partial charge on any atom is -0.299 e.